The molecule has 2 N–H and O–H groups in total. The van der Waals surface area contributed by atoms with Crippen molar-refractivity contribution in [1.82, 2.24) is 0 Å². The molecule has 1 aromatic carbocycles. The van der Waals surface area contributed by atoms with Gasteiger partial charge in [0.2, 0.25) is 5.91 Å². The molecule has 1 heterocycles. The summed E-state index contributed by atoms with van der Waals surface area (Å²) in [5, 5.41) is 18.4. The Labute approximate surface area is 116 Å². The fourth-order valence-electron chi connectivity index (χ4n) is 1.95. The average molecular weight is 279 g/mol. The molecule has 1 saturated heterocycles. The van der Waals surface area contributed by atoms with E-state index in [-0.39, 0.29) is 12.5 Å². The predicted octanol–water partition coefficient (Wildman–Crippen LogP) is 1.03. The Morgan fingerprint density at radius 3 is 2.85 bits per heavy atom. The zero-order chi connectivity index (χ0) is 14.8. The molecule has 0 spiro atoms. The van der Waals surface area contributed by atoms with Gasteiger partial charge in [-0.15, -0.1) is 0 Å². The number of carboxylic acid groups (broad SMARTS) is 1. The number of aliphatic carboxylic acids is 1. The van der Waals surface area contributed by atoms with Gasteiger partial charge in [-0.3, -0.25) is 4.79 Å². The fraction of sp³-hybridized carbons (Fsp3) is 0.429. The minimum atomic E-state index is -1.94. The molecule has 2 rings (SSSR count). The fourth-order valence-corrected chi connectivity index (χ4v) is 1.95. The van der Waals surface area contributed by atoms with Gasteiger partial charge in [-0.2, -0.15) is 0 Å². The molecule has 0 radical (unpaired) electrons. The van der Waals surface area contributed by atoms with Crippen LogP contribution in [0, 0.1) is 0 Å². The van der Waals surface area contributed by atoms with Gasteiger partial charge in [0, 0.05) is 24.7 Å². The lowest BCUT2D eigenvalue weighted by Gasteiger charge is -2.20. The van der Waals surface area contributed by atoms with Gasteiger partial charge in [0.05, 0.1) is 0 Å². The monoisotopic (exact) mass is 279 g/mol. The SMILES string of the molecule is CC(O)(COc1cccc(N2CCCC2=O)c1)C(=O)O. The third-order valence-electron chi connectivity index (χ3n) is 3.18. The third-order valence-corrected chi connectivity index (χ3v) is 3.18. The van der Waals surface area contributed by atoms with Crippen LogP contribution in [0.1, 0.15) is 19.8 Å². The normalized spacial score (nSPS) is 17.9. The van der Waals surface area contributed by atoms with Crippen molar-refractivity contribution in [2.24, 2.45) is 0 Å². The molecule has 0 aliphatic carbocycles. The van der Waals surface area contributed by atoms with Crippen LogP contribution in [-0.4, -0.2) is 40.8 Å². The number of hydrogen-bond donors (Lipinski definition) is 2. The molecule has 1 amide bonds. The van der Waals surface area contributed by atoms with Gasteiger partial charge in [0.1, 0.15) is 12.4 Å². The zero-order valence-corrected chi connectivity index (χ0v) is 11.2. The Kier molecular flexibility index (Phi) is 3.94. The maximum Gasteiger partial charge on any atom is 0.339 e. The van der Waals surface area contributed by atoms with Crippen LogP contribution in [0.5, 0.6) is 5.75 Å². The summed E-state index contributed by atoms with van der Waals surface area (Å²) in [4.78, 5) is 24.1. The highest BCUT2D eigenvalue weighted by atomic mass is 16.5. The topological polar surface area (TPSA) is 87.1 Å². The van der Waals surface area contributed by atoms with E-state index >= 15 is 0 Å². The minimum absolute atomic E-state index is 0.0692. The molecule has 108 valence electrons. The van der Waals surface area contributed by atoms with Crippen molar-refractivity contribution in [3.63, 3.8) is 0 Å². The summed E-state index contributed by atoms with van der Waals surface area (Å²) in [5.74, 6) is -0.855. The van der Waals surface area contributed by atoms with E-state index in [0.29, 0.717) is 18.7 Å². The number of carbonyl (C=O) groups excluding carboxylic acids is 1. The van der Waals surface area contributed by atoms with Crippen molar-refractivity contribution in [2.75, 3.05) is 18.1 Å². The number of anilines is 1. The summed E-state index contributed by atoms with van der Waals surface area (Å²) in [7, 11) is 0. The van der Waals surface area contributed by atoms with Crippen LogP contribution >= 0.6 is 0 Å². The van der Waals surface area contributed by atoms with Gasteiger partial charge < -0.3 is 19.8 Å². The Morgan fingerprint density at radius 2 is 2.25 bits per heavy atom. The average Bonchev–Trinajstić information content (AvgIpc) is 2.83. The van der Waals surface area contributed by atoms with Gasteiger partial charge in [-0.05, 0) is 25.5 Å². The van der Waals surface area contributed by atoms with Crippen molar-refractivity contribution < 1.29 is 24.5 Å². The van der Waals surface area contributed by atoms with E-state index in [1.807, 2.05) is 0 Å². The molecule has 1 aliphatic rings. The molecule has 6 nitrogen and oxygen atoms in total. The molecule has 0 bridgehead atoms. The first-order valence-corrected chi connectivity index (χ1v) is 6.39. The quantitative estimate of drug-likeness (QED) is 0.840. The molecule has 1 atom stereocenters. The van der Waals surface area contributed by atoms with Crippen LogP contribution < -0.4 is 9.64 Å². The molecular formula is C14H17NO5. The van der Waals surface area contributed by atoms with Crippen molar-refractivity contribution >= 4 is 17.6 Å². The van der Waals surface area contributed by atoms with Crippen LogP contribution in [0.4, 0.5) is 5.69 Å². The number of hydrogen-bond acceptors (Lipinski definition) is 4. The maximum absolute atomic E-state index is 11.7. The number of benzene rings is 1. The van der Waals surface area contributed by atoms with E-state index in [9.17, 15) is 14.7 Å². The number of carbonyl (C=O) groups is 2. The molecule has 0 aromatic heterocycles. The zero-order valence-electron chi connectivity index (χ0n) is 11.2. The maximum atomic E-state index is 11.7. The second-order valence-electron chi connectivity index (χ2n) is 5.01. The van der Waals surface area contributed by atoms with Crippen LogP contribution in [-0.2, 0) is 9.59 Å². The predicted molar refractivity (Wildman–Crippen MR) is 71.8 cm³/mol. The Bertz CT molecular complexity index is 526. The number of nitrogens with zero attached hydrogens (tertiary/aromatic N) is 1. The highest BCUT2D eigenvalue weighted by Gasteiger charge is 2.31. The lowest BCUT2D eigenvalue weighted by Crippen LogP contribution is -2.41. The first-order chi connectivity index (χ1) is 9.40. The van der Waals surface area contributed by atoms with Gasteiger partial charge in [0.25, 0.3) is 0 Å². The van der Waals surface area contributed by atoms with E-state index in [1.54, 1.807) is 29.2 Å². The Morgan fingerprint density at radius 1 is 1.50 bits per heavy atom. The molecule has 1 aliphatic heterocycles. The number of amides is 1. The van der Waals surface area contributed by atoms with Gasteiger partial charge in [-0.1, -0.05) is 6.07 Å². The lowest BCUT2D eigenvalue weighted by atomic mass is 10.1. The largest absolute Gasteiger partial charge is 0.490 e. The van der Waals surface area contributed by atoms with Crippen molar-refractivity contribution in [2.45, 2.75) is 25.4 Å². The summed E-state index contributed by atoms with van der Waals surface area (Å²) in [6, 6.07) is 6.85. The third kappa shape index (κ3) is 3.08. The molecule has 20 heavy (non-hydrogen) atoms. The molecule has 1 aromatic rings. The van der Waals surface area contributed by atoms with E-state index in [1.165, 1.54) is 6.92 Å². The Hall–Kier alpha value is -2.08. The summed E-state index contributed by atoms with van der Waals surface area (Å²) in [6.07, 6.45) is 1.37. The van der Waals surface area contributed by atoms with Crippen molar-refractivity contribution in [3.05, 3.63) is 24.3 Å². The van der Waals surface area contributed by atoms with Gasteiger partial charge in [0.15, 0.2) is 5.60 Å². The summed E-state index contributed by atoms with van der Waals surface area (Å²) < 4.78 is 5.30. The highest BCUT2D eigenvalue weighted by Crippen LogP contribution is 2.25. The van der Waals surface area contributed by atoms with Gasteiger partial charge >= 0.3 is 5.97 Å². The number of aliphatic hydroxyl groups is 1. The molecule has 1 fully saturated rings. The number of rotatable bonds is 5. The molecule has 1 unspecified atom stereocenters. The summed E-state index contributed by atoms with van der Waals surface area (Å²) >= 11 is 0. The van der Waals surface area contributed by atoms with E-state index in [4.69, 9.17) is 9.84 Å². The smallest absolute Gasteiger partial charge is 0.339 e. The Balaban J connectivity index is 2.07. The van der Waals surface area contributed by atoms with Crippen LogP contribution in [0.25, 0.3) is 0 Å². The van der Waals surface area contributed by atoms with Crippen LogP contribution in [0.15, 0.2) is 24.3 Å². The standard InChI is InChI=1S/C14H17NO5/c1-14(19,13(17)18)9-20-11-5-2-4-10(8-11)15-7-3-6-12(15)16/h2,4-5,8,19H,3,6-7,9H2,1H3,(H,17,18). The first-order valence-electron chi connectivity index (χ1n) is 6.39. The summed E-state index contributed by atoms with van der Waals surface area (Å²) in [6.45, 7) is 1.48. The highest BCUT2D eigenvalue weighted by molar-refractivity contribution is 5.95. The van der Waals surface area contributed by atoms with Crippen molar-refractivity contribution in [3.8, 4) is 5.75 Å². The first kappa shape index (κ1) is 14.3. The minimum Gasteiger partial charge on any atom is -0.490 e. The second kappa shape index (κ2) is 5.50. The van der Waals surface area contributed by atoms with Gasteiger partial charge in [-0.25, -0.2) is 4.79 Å². The summed E-state index contributed by atoms with van der Waals surface area (Å²) in [5.41, 5.74) is -1.22. The molecule has 0 saturated carbocycles. The van der Waals surface area contributed by atoms with E-state index < -0.39 is 11.6 Å². The molecule has 6 heteroatoms. The lowest BCUT2D eigenvalue weighted by molar-refractivity contribution is -0.159. The number of ether oxygens (including phenoxy) is 1. The number of carboxylic acids is 1. The second-order valence-corrected chi connectivity index (χ2v) is 5.01. The van der Waals surface area contributed by atoms with Crippen molar-refractivity contribution in [1.29, 1.82) is 0 Å². The van der Waals surface area contributed by atoms with Crippen LogP contribution in [0.3, 0.4) is 0 Å². The van der Waals surface area contributed by atoms with E-state index in [0.717, 1.165) is 12.1 Å². The van der Waals surface area contributed by atoms with E-state index in [2.05, 4.69) is 0 Å². The van der Waals surface area contributed by atoms with Crippen LogP contribution in [0.2, 0.25) is 0 Å². The molecular weight excluding hydrogens is 262 g/mol.